The third-order valence-electron chi connectivity index (χ3n) is 7.90. The SMILES string of the molecule is C=C1[C@H](OC(C)=O)[C@H]2[C@@H](OC(C)=O)[C@@H](C)C[C@]2(C)C(=O)[C@H](C)/C=C/C(C)(C)C(=O)[C@H](OCC(C)C)[C@H]1OC(C)=O. The Morgan fingerprint density at radius 1 is 0.900 bits per heavy atom. The van der Waals surface area contributed by atoms with Gasteiger partial charge in [0.05, 0.1) is 6.61 Å². The van der Waals surface area contributed by atoms with Crippen LogP contribution in [0, 0.1) is 34.5 Å². The first-order valence-electron chi connectivity index (χ1n) is 13.9. The molecular weight excluding hydrogens is 516 g/mol. The first-order valence-corrected chi connectivity index (χ1v) is 13.9. The lowest BCUT2D eigenvalue weighted by atomic mass is 9.67. The van der Waals surface area contributed by atoms with Gasteiger partial charge in [0.1, 0.15) is 18.0 Å². The molecule has 0 saturated heterocycles. The fourth-order valence-electron chi connectivity index (χ4n) is 6.06. The molecule has 2 aliphatic carbocycles. The van der Waals surface area contributed by atoms with Crippen molar-refractivity contribution in [2.24, 2.45) is 34.5 Å². The number of ether oxygens (including phenoxy) is 4. The zero-order valence-electron chi connectivity index (χ0n) is 25.6. The highest BCUT2D eigenvalue weighted by molar-refractivity contribution is 5.92. The number of carbonyl (C=O) groups is 5. The van der Waals surface area contributed by atoms with Gasteiger partial charge in [-0.2, -0.15) is 0 Å². The van der Waals surface area contributed by atoms with Crippen LogP contribution in [0.15, 0.2) is 24.3 Å². The number of fused-ring (bicyclic) bond motifs is 1. The van der Waals surface area contributed by atoms with E-state index < -0.39 is 70.8 Å². The van der Waals surface area contributed by atoms with Crippen molar-refractivity contribution < 1.29 is 42.9 Å². The smallest absolute Gasteiger partial charge is 0.303 e. The van der Waals surface area contributed by atoms with Gasteiger partial charge in [-0.15, -0.1) is 0 Å². The Bertz CT molecular complexity index is 1060. The van der Waals surface area contributed by atoms with E-state index in [9.17, 15) is 24.0 Å². The molecule has 2 aliphatic rings. The molecule has 2 rings (SSSR count). The number of allylic oxidation sites excluding steroid dienone is 2. The Kier molecular flexibility index (Phi) is 10.7. The predicted octanol–water partition coefficient (Wildman–Crippen LogP) is 4.41. The second-order valence-electron chi connectivity index (χ2n) is 12.6. The zero-order chi connectivity index (χ0) is 30.7. The normalized spacial score (nSPS) is 35.3. The van der Waals surface area contributed by atoms with E-state index in [2.05, 4.69) is 6.58 Å². The van der Waals surface area contributed by atoms with Gasteiger partial charge < -0.3 is 18.9 Å². The molecule has 1 fully saturated rings. The third kappa shape index (κ3) is 7.28. The molecule has 0 heterocycles. The second kappa shape index (κ2) is 12.8. The first kappa shape index (κ1) is 33.4. The standard InChI is InChI=1S/C31H46O9/c1-16(2)15-37-27-26(40-22(8)34)19(5)25(39-21(7)33)23-24(38-20(6)32)18(4)14-31(23,11)28(35)17(3)12-13-30(9,10)29(27)36/h12-13,16-18,23-27H,5,14-15H2,1-4,6-11H3/b13-12+/t17-,18+,23-,24+,25+,26+,27-,31+/m1/s1. The van der Waals surface area contributed by atoms with Crippen LogP contribution in [0.3, 0.4) is 0 Å². The number of Topliss-reactive ketones (excluding diaryl/α,β-unsaturated/α-hetero) is 2. The van der Waals surface area contributed by atoms with E-state index in [0.717, 1.165) is 0 Å². The van der Waals surface area contributed by atoms with Gasteiger partial charge in [-0.05, 0) is 32.1 Å². The Labute approximate surface area is 238 Å². The third-order valence-corrected chi connectivity index (χ3v) is 7.90. The summed E-state index contributed by atoms with van der Waals surface area (Å²) in [6.07, 6.45) is -0.934. The van der Waals surface area contributed by atoms with Crippen LogP contribution in [0.25, 0.3) is 0 Å². The van der Waals surface area contributed by atoms with E-state index in [1.165, 1.54) is 20.8 Å². The van der Waals surface area contributed by atoms with E-state index in [1.807, 2.05) is 20.8 Å². The molecule has 0 bridgehead atoms. The molecule has 9 nitrogen and oxygen atoms in total. The number of hydrogen-bond donors (Lipinski definition) is 0. The fourth-order valence-corrected chi connectivity index (χ4v) is 6.06. The van der Waals surface area contributed by atoms with Crippen LogP contribution in [-0.4, -0.2) is 60.5 Å². The molecule has 0 N–H and O–H groups in total. The monoisotopic (exact) mass is 562 g/mol. The molecule has 0 aromatic rings. The Morgan fingerprint density at radius 3 is 1.93 bits per heavy atom. The summed E-state index contributed by atoms with van der Waals surface area (Å²) >= 11 is 0. The predicted molar refractivity (Wildman–Crippen MR) is 148 cm³/mol. The number of hydrogen-bond acceptors (Lipinski definition) is 9. The molecular formula is C31H46O9. The first-order chi connectivity index (χ1) is 18.3. The van der Waals surface area contributed by atoms with Gasteiger partial charge >= 0.3 is 17.9 Å². The van der Waals surface area contributed by atoms with Crippen molar-refractivity contribution in [3.05, 3.63) is 24.3 Å². The molecule has 0 spiro atoms. The molecule has 0 aromatic carbocycles. The van der Waals surface area contributed by atoms with Crippen molar-refractivity contribution in [1.29, 1.82) is 0 Å². The molecule has 40 heavy (non-hydrogen) atoms. The summed E-state index contributed by atoms with van der Waals surface area (Å²) in [5.41, 5.74) is -2.14. The molecule has 0 aromatic heterocycles. The summed E-state index contributed by atoms with van der Waals surface area (Å²) in [7, 11) is 0. The largest absolute Gasteiger partial charge is 0.462 e. The van der Waals surface area contributed by atoms with Crippen LogP contribution >= 0.6 is 0 Å². The molecule has 0 amide bonds. The molecule has 0 radical (unpaired) electrons. The molecule has 9 heteroatoms. The van der Waals surface area contributed by atoms with E-state index in [1.54, 1.807) is 39.8 Å². The van der Waals surface area contributed by atoms with Gasteiger partial charge in [-0.25, -0.2) is 0 Å². The highest BCUT2D eigenvalue weighted by atomic mass is 16.6. The number of carbonyl (C=O) groups excluding carboxylic acids is 5. The van der Waals surface area contributed by atoms with Crippen molar-refractivity contribution in [2.45, 2.75) is 100 Å². The van der Waals surface area contributed by atoms with Gasteiger partial charge in [0.15, 0.2) is 18.0 Å². The fraction of sp³-hybridized carbons (Fsp3) is 0.710. The highest BCUT2D eigenvalue weighted by Crippen LogP contribution is 2.53. The van der Waals surface area contributed by atoms with Crippen LogP contribution in [0.4, 0.5) is 0 Å². The maximum Gasteiger partial charge on any atom is 0.303 e. The van der Waals surface area contributed by atoms with Gasteiger partial charge in [0.2, 0.25) is 0 Å². The van der Waals surface area contributed by atoms with Gasteiger partial charge in [-0.3, -0.25) is 24.0 Å². The second-order valence-corrected chi connectivity index (χ2v) is 12.6. The Hall–Kier alpha value is -2.81. The lowest BCUT2D eigenvalue weighted by Crippen LogP contribution is -2.53. The van der Waals surface area contributed by atoms with Crippen molar-refractivity contribution >= 4 is 29.5 Å². The summed E-state index contributed by atoms with van der Waals surface area (Å²) in [5.74, 6) is -4.14. The lowest BCUT2D eigenvalue weighted by molar-refractivity contribution is -0.168. The summed E-state index contributed by atoms with van der Waals surface area (Å²) in [5, 5.41) is 0. The van der Waals surface area contributed by atoms with E-state index in [-0.39, 0.29) is 29.8 Å². The molecule has 8 atom stereocenters. The Balaban J connectivity index is 2.92. The van der Waals surface area contributed by atoms with Gasteiger partial charge in [-0.1, -0.05) is 53.3 Å². The van der Waals surface area contributed by atoms with Crippen molar-refractivity contribution in [1.82, 2.24) is 0 Å². The average Bonchev–Trinajstić information content (AvgIpc) is 3.07. The topological polar surface area (TPSA) is 122 Å². The van der Waals surface area contributed by atoms with Crippen LogP contribution in [0.2, 0.25) is 0 Å². The molecule has 1 saturated carbocycles. The quantitative estimate of drug-likeness (QED) is 0.263. The zero-order valence-corrected chi connectivity index (χ0v) is 25.6. The summed E-state index contributed by atoms with van der Waals surface area (Å²) in [4.78, 5) is 65.2. The summed E-state index contributed by atoms with van der Waals surface area (Å²) in [6.45, 7) is 20.7. The van der Waals surface area contributed by atoms with E-state index in [4.69, 9.17) is 18.9 Å². The summed E-state index contributed by atoms with van der Waals surface area (Å²) < 4.78 is 23.4. The maximum atomic E-state index is 14.1. The van der Waals surface area contributed by atoms with Gasteiger partial charge in [0.25, 0.3) is 0 Å². The van der Waals surface area contributed by atoms with Crippen molar-refractivity contribution in [3.63, 3.8) is 0 Å². The Morgan fingerprint density at radius 2 is 1.43 bits per heavy atom. The highest BCUT2D eigenvalue weighted by Gasteiger charge is 2.61. The average molecular weight is 563 g/mol. The molecule has 224 valence electrons. The van der Waals surface area contributed by atoms with Crippen LogP contribution in [-0.2, 0) is 42.9 Å². The molecule has 0 aliphatic heterocycles. The summed E-state index contributed by atoms with van der Waals surface area (Å²) in [6, 6.07) is 0. The maximum absolute atomic E-state index is 14.1. The van der Waals surface area contributed by atoms with E-state index in [0.29, 0.717) is 6.42 Å². The number of ketones is 2. The molecule has 0 unspecified atom stereocenters. The van der Waals surface area contributed by atoms with Crippen LogP contribution < -0.4 is 0 Å². The lowest BCUT2D eigenvalue weighted by Gasteiger charge is -2.42. The van der Waals surface area contributed by atoms with Crippen molar-refractivity contribution in [2.75, 3.05) is 6.61 Å². The van der Waals surface area contributed by atoms with Gasteiger partial charge in [0, 0.05) is 49.0 Å². The minimum atomic E-state index is -1.34. The number of rotatable bonds is 6. The minimum absolute atomic E-state index is 0.0494. The van der Waals surface area contributed by atoms with E-state index >= 15 is 0 Å². The van der Waals surface area contributed by atoms with Crippen LogP contribution in [0.5, 0.6) is 0 Å². The van der Waals surface area contributed by atoms with Crippen LogP contribution in [0.1, 0.15) is 75.7 Å². The minimum Gasteiger partial charge on any atom is -0.462 e. The number of esters is 3. The van der Waals surface area contributed by atoms with Crippen molar-refractivity contribution in [3.8, 4) is 0 Å².